The second kappa shape index (κ2) is 7.04. The van der Waals surface area contributed by atoms with Crippen LogP contribution in [0, 0.1) is 0 Å². The van der Waals surface area contributed by atoms with Crippen molar-refractivity contribution >= 4 is 23.5 Å². The molecule has 2 rings (SSSR count). The lowest BCUT2D eigenvalue weighted by Gasteiger charge is -2.14. The molecule has 7 heteroatoms. The molecule has 2 amide bonds. The highest BCUT2D eigenvalue weighted by Gasteiger charge is 2.42. The lowest BCUT2D eigenvalue weighted by atomic mass is 10.2. The molecule has 118 valence electrons. The number of carbonyl (C=O) groups is 3. The van der Waals surface area contributed by atoms with Gasteiger partial charge in [-0.05, 0) is 31.2 Å². The predicted octanol–water partition coefficient (Wildman–Crippen LogP) is -0.546. The minimum absolute atomic E-state index is 0.0112. The van der Waals surface area contributed by atoms with Crippen molar-refractivity contribution in [2.24, 2.45) is 0 Å². The second-order valence-electron chi connectivity index (χ2n) is 4.82. The average molecular weight is 307 g/mol. The summed E-state index contributed by atoms with van der Waals surface area (Å²) < 4.78 is 9.86. The van der Waals surface area contributed by atoms with Crippen LogP contribution in [0.3, 0.4) is 0 Å². The molecule has 1 aromatic rings. The van der Waals surface area contributed by atoms with E-state index in [-0.39, 0.29) is 24.8 Å². The Labute approximate surface area is 128 Å². The molecule has 0 unspecified atom stereocenters. The van der Waals surface area contributed by atoms with Crippen LogP contribution < -0.4 is 15.0 Å². The van der Waals surface area contributed by atoms with Crippen LogP contribution in [0.1, 0.15) is 13.3 Å². The molecule has 2 N–H and O–H groups in total. The fraction of sp³-hybridized carbons (Fsp3) is 0.400. The first-order valence-electron chi connectivity index (χ1n) is 7.06. The fourth-order valence-corrected chi connectivity index (χ4v) is 2.29. The lowest BCUT2D eigenvalue weighted by Crippen LogP contribution is -2.93. The number of rotatable bonds is 6. The van der Waals surface area contributed by atoms with E-state index in [4.69, 9.17) is 4.74 Å². The number of imide groups is 1. The van der Waals surface area contributed by atoms with Gasteiger partial charge in [-0.15, -0.1) is 0 Å². The van der Waals surface area contributed by atoms with E-state index in [1.807, 2.05) is 6.92 Å². The fourth-order valence-electron chi connectivity index (χ4n) is 2.29. The van der Waals surface area contributed by atoms with Crippen LogP contribution >= 0.6 is 0 Å². The molecule has 1 atom stereocenters. The molecule has 0 bridgehead atoms. The van der Waals surface area contributed by atoms with Gasteiger partial charge in [0, 0.05) is 0 Å². The van der Waals surface area contributed by atoms with Gasteiger partial charge in [-0.25, -0.2) is 9.69 Å². The third-order valence-corrected chi connectivity index (χ3v) is 3.38. The normalized spacial score (nSPS) is 17.7. The number of nitrogens with two attached hydrogens (primary N) is 1. The highest BCUT2D eigenvalue weighted by Crippen LogP contribution is 2.24. The summed E-state index contributed by atoms with van der Waals surface area (Å²) in [4.78, 5) is 36.7. The SMILES string of the molecule is CCOc1ccc(N2C(=O)C[C@H]([NH2+]CC(=O)OC)C2=O)cc1. The van der Waals surface area contributed by atoms with Gasteiger partial charge >= 0.3 is 5.97 Å². The largest absolute Gasteiger partial charge is 0.494 e. The molecule has 7 nitrogen and oxygen atoms in total. The number of quaternary nitrogens is 1. The molecule has 0 aromatic heterocycles. The first-order chi connectivity index (χ1) is 10.6. The van der Waals surface area contributed by atoms with E-state index in [0.29, 0.717) is 18.0 Å². The predicted molar refractivity (Wildman–Crippen MR) is 77.3 cm³/mol. The van der Waals surface area contributed by atoms with Crippen molar-refractivity contribution in [2.75, 3.05) is 25.2 Å². The maximum Gasteiger partial charge on any atom is 0.361 e. The number of benzene rings is 1. The van der Waals surface area contributed by atoms with E-state index < -0.39 is 12.0 Å². The van der Waals surface area contributed by atoms with E-state index in [9.17, 15) is 14.4 Å². The zero-order valence-corrected chi connectivity index (χ0v) is 12.6. The topological polar surface area (TPSA) is 89.5 Å². The van der Waals surface area contributed by atoms with E-state index in [1.54, 1.807) is 24.3 Å². The van der Waals surface area contributed by atoms with Crippen molar-refractivity contribution in [2.45, 2.75) is 19.4 Å². The molecule has 0 radical (unpaired) electrons. The molecule has 0 saturated carbocycles. The number of anilines is 1. The summed E-state index contributed by atoms with van der Waals surface area (Å²) >= 11 is 0. The van der Waals surface area contributed by atoms with Crippen LogP contribution in [-0.4, -0.2) is 44.1 Å². The molecule has 0 aliphatic carbocycles. The maximum atomic E-state index is 12.3. The Hall–Kier alpha value is -2.41. The van der Waals surface area contributed by atoms with Crippen molar-refractivity contribution in [1.29, 1.82) is 0 Å². The number of hydrogen-bond donors (Lipinski definition) is 1. The van der Waals surface area contributed by atoms with E-state index in [2.05, 4.69) is 4.74 Å². The third-order valence-electron chi connectivity index (χ3n) is 3.38. The smallest absolute Gasteiger partial charge is 0.361 e. The highest BCUT2D eigenvalue weighted by atomic mass is 16.5. The van der Waals surface area contributed by atoms with Gasteiger partial charge in [-0.2, -0.15) is 0 Å². The van der Waals surface area contributed by atoms with E-state index in [1.165, 1.54) is 12.4 Å². The molecule has 1 fully saturated rings. The first-order valence-corrected chi connectivity index (χ1v) is 7.06. The van der Waals surface area contributed by atoms with Crippen molar-refractivity contribution in [1.82, 2.24) is 0 Å². The Kier molecular flexibility index (Phi) is 5.11. The van der Waals surface area contributed by atoms with Crippen molar-refractivity contribution in [3.8, 4) is 5.75 Å². The zero-order chi connectivity index (χ0) is 16.1. The summed E-state index contributed by atoms with van der Waals surface area (Å²) in [5.74, 6) is -0.350. The summed E-state index contributed by atoms with van der Waals surface area (Å²) in [6, 6.07) is 6.18. The monoisotopic (exact) mass is 307 g/mol. The van der Waals surface area contributed by atoms with Crippen LogP contribution in [0.15, 0.2) is 24.3 Å². The maximum absolute atomic E-state index is 12.3. The van der Waals surface area contributed by atoms with Crippen LogP contribution in [-0.2, 0) is 19.1 Å². The summed E-state index contributed by atoms with van der Waals surface area (Å²) in [6.07, 6.45) is 0.0725. The van der Waals surface area contributed by atoms with Gasteiger partial charge in [0.1, 0.15) is 5.75 Å². The molecular weight excluding hydrogens is 288 g/mol. The van der Waals surface area contributed by atoms with Gasteiger partial charge in [-0.1, -0.05) is 0 Å². The quantitative estimate of drug-likeness (QED) is 0.563. The Balaban J connectivity index is 2.06. The van der Waals surface area contributed by atoms with Crippen LogP contribution in [0.2, 0.25) is 0 Å². The van der Waals surface area contributed by atoms with E-state index in [0.717, 1.165) is 4.90 Å². The summed E-state index contributed by atoms with van der Waals surface area (Å²) in [5, 5.41) is 1.53. The third kappa shape index (κ3) is 3.43. The molecule has 1 aliphatic heterocycles. The Bertz CT molecular complexity index is 570. The first kappa shape index (κ1) is 16.0. The number of esters is 1. The molecule has 1 heterocycles. The van der Waals surface area contributed by atoms with Gasteiger partial charge in [0.2, 0.25) is 5.91 Å². The van der Waals surface area contributed by atoms with Gasteiger partial charge < -0.3 is 14.8 Å². The second-order valence-corrected chi connectivity index (χ2v) is 4.82. The van der Waals surface area contributed by atoms with Gasteiger partial charge in [0.15, 0.2) is 12.6 Å². The van der Waals surface area contributed by atoms with Crippen LogP contribution in [0.25, 0.3) is 0 Å². The number of nitrogens with zero attached hydrogens (tertiary/aromatic N) is 1. The van der Waals surface area contributed by atoms with E-state index >= 15 is 0 Å². The molecule has 22 heavy (non-hydrogen) atoms. The van der Waals surface area contributed by atoms with Crippen molar-refractivity contribution < 1.29 is 29.2 Å². The molecule has 1 aliphatic rings. The summed E-state index contributed by atoms with van der Waals surface area (Å²) in [6.45, 7) is 2.44. The number of methoxy groups -OCH3 is 1. The highest BCUT2D eigenvalue weighted by molar-refractivity contribution is 6.21. The molecule has 0 spiro atoms. The van der Waals surface area contributed by atoms with Gasteiger partial charge in [0.25, 0.3) is 5.91 Å². The van der Waals surface area contributed by atoms with Gasteiger partial charge in [-0.3, -0.25) is 9.59 Å². The standard InChI is InChI=1S/C15H18N2O5/c1-3-22-11-6-4-10(5-7-11)17-13(18)8-12(15(17)20)16-9-14(19)21-2/h4-7,12,16H,3,8-9H2,1-2H3/p+1/t12-/m0/s1. The minimum Gasteiger partial charge on any atom is -0.494 e. The summed E-state index contributed by atoms with van der Waals surface area (Å²) in [5.41, 5.74) is 0.507. The van der Waals surface area contributed by atoms with Crippen molar-refractivity contribution in [3.05, 3.63) is 24.3 Å². The van der Waals surface area contributed by atoms with Crippen LogP contribution in [0.4, 0.5) is 5.69 Å². The van der Waals surface area contributed by atoms with Crippen LogP contribution in [0.5, 0.6) is 5.75 Å². The molecule has 1 aromatic carbocycles. The number of hydrogen-bond acceptors (Lipinski definition) is 5. The average Bonchev–Trinajstić information content (AvgIpc) is 2.80. The number of ether oxygens (including phenoxy) is 2. The lowest BCUT2D eigenvalue weighted by molar-refractivity contribution is -0.665. The van der Waals surface area contributed by atoms with Gasteiger partial charge in [0.05, 0.1) is 25.8 Å². The van der Waals surface area contributed by atoms with Crippen molar-refractivity contribution in [3.63, 3.8) is 0 Å². The molecule has 1 saturated heterocycles. The minimum atomic E-state index is -0.585. The number of amides is 2. The Morgan fingerprint density at radius 1 is 1.32 bits per heavy atom. The summed E-state index contributed by atoms with van der Waals surface area (Å²) in [7, 11) is 1.28. The number of carbonyl (C=O) groups excluding carboxylic acids is 3. The Morgan fingerprint density at radius 2 is 2.00 bits per heavy atom. The zero-order valence-electron chi connectivity index (χ0n) is 12.6. The molecular formula is C15H19N2O5+. The Morgan fingerprint density at radius 3 is 2.59 bits per heavy atom.